The van der Waals surface area contributed by atoms with Crippen LogP contribution in [0.4, 0.5) is 4.39 Å². The minimum Gasteiger partial charge on any atom is -0.479 e. The van der Waals surface area contributed by atoms with Gasteiger partial charge in [0.1, 0.15) is 11.6 Å². The molecule has 2 aliphatic heterocycles. The van der Waals surface area contributed by atoms with Gasteiger partial charge in [0, 0.05) is 13.1 Å². The minimum atomic E-state index is -0.821. The second-order valence-electron chi connectivity index (χ2n) is 4.81. The summed E-state index contributed by atoms with van der Waals surface area (Å²) in [5.41, 5.74) is 0.205. The summed E-state index contributed by atoms with van der Waals surface area (Å²) in [4.78, 5) is 25.9. The molecule has 1 aromatic rings. The number of morpholine rings is 1. The number of ketones is 1. The second kappa shape index (κ2) is 5.20. The molecule has 6 heteroatoms. The van der Waals surface area contributed by atoms with E-state index in [1.165, 1.54) is 12.1 Å². The van der Waals surface area contributed by atoms with Crippen LogP contribution in [-0.2, 0) is 9.53 Å². The first-order valence-electron chi connectivity index (χ1n) is 6.51. The van der Waals surface area contributed by atoms with Gasteiger partial charge in [-0.1, -0.05) is 0 Å². The summed E-state index contributed by atoms with van der Waals surface area (Å²) in [5.74, 6) is -0.693. The van der Waals surface area contributed by atoms with Crippen LogP contribution in [0.25, 0.3) is 0 Å². The monoisotopic (exact) mass is 279 g/mol. The van der Waals surface area contributed by atoms with Gasteiger partial charge in [-0.3, -0.25) is 9.59 Å². The topological polar surface area (TPSA) is 55.8 Å². The highest BCUT2D eigenvalue weighted by Gasteiger charge is 2.34. The Labute approximate surface area is 115 Å². The van der Waals surface area contributed by atoms with Crippen LogP contribution in [0.2, 0.25) is 0 Å². The normalized spacial score (nSPS) is 22.1. The molecule has 0 radical (unpaired) electrons. The maximum atomic E-state index is 13.1. The number of ether oxygens (including phenoxy) is 2. The molecule has 3 rings (SSSR count). The van der Waals surface area contributed by atoms with Crippen molar-refractivity contribution < 1.29 is 23.5 Å². The summed E-state index contributed by atoms with van der Waals surface area (Å²) in [6.07, 6.45) is -0.870. The Balaban J connectivity index is 1.79. The first-order valence-corrected chi connectivity index (χ1v) is 6.51. The lowest BCUT2D eigenvalue weighted by Gasteiger charge is -2.32. The molecule has 1 atom stereocenters. The van der Waals surface area contributed by atoms with Crippen molar-refractivity contribution in [2.24, 2.45) is 0 Å². The van der Waals surface area contributed by atoms with Crippen LogP contribution in [0, 0.1) is 5.82 Å². The second-order valence-corrected chi connectivity index (χ2v) is 4.81. The van der Waals surface area contributed by atoms with Crippen molar-refractivity contribution in [1.29, 1.82) is 0 Å². The molecule has 0 aliphatic carbocycles. The van der Waals surface area contributed by atoms with E-state index in [1.807, 2.05) is 0 Å². The van der Waals surface area contributed by atoms with Crippen LogP contribution in [0.15, 0.2) is 18.2 Å². The van der Waals surface area contributed by atoms with Crippen LogP contribution in [0.3, 0.4) is 0 Å². The van der Waals surface area contributed by atoms with E-state index in [2.05, 4.69) is 0 Å². The molecule has 5 nitrogen and oxygen atoms in total. The zero-order valence-electron chi connectivity index (χ0n) is 10.8. The molecule has 1 saturated heterocycles. The van der Waals surface area contributed by atoms with Gasteiger partial charge in [0.05, 0.1) is 25.2 Å². The average Bonchev–Trinajstić information content (AvgIpc) is 2.48. The third-order valence-electron chi connectivity index (χ3n) is 3.48. The van der Waals surface area contributed by atoms with E-state index in [9.17, 15) is 14.0 Å². The molecule has 0 aromatic heterocycles. The van der Waals surface area contributed by atoms with Gasteiger partial charge >= 0.3 is 0 Å². The largest absolute Gasteiger partial charge is 0.479 e. The molecule has 1 fully saturated rings. The number of hydrogen-bond acceptors (Lipinski definition) is 4. The Kier molecular flexibility index (Phi) is 3.40. The predicted octanol–water partition coefficient (Wildman–Crippen LogP) is 1.02. The average molecular weight is 279 g/mol. The molecular formula is C14H14FNO4. The van der Waals surface area contributed by atoms with Gasteiger partial charge in [0.25, 0.3) is 5.91 Å². The molecule has 0 spiro atoms. The number of amides is 1. The fraction of sp³-hybridized carbons (Fsp3) is 0.429. The van der Waals surface area contributed by atoms with Crippen LogP contribution in [0.1, 0.15) is 16.8 Å². The summed E-state index contributed by atoms with van der Waals surface area (Å²) < 4.78 is 23.9. The van der Waals surface area contributed by atoms with Crippen molar-refractivity contribution in [3.8, 4) is 5.75 Å². The van der Waals surface area contributed by atoms with Crippen molar-refractivity contribution in [3.63, 3.8) is 0 Å². The van der Waals surface area contributed by atoms with Gasteiger partial charge in [0.2, 0.25) is 0 Å². The summed E-state index contributed by atoms with van der Waals surface area (Å²) >= 11 is 0. The van der Waals surface area contributed by atoms with E-state index in [1.54, 1.807) is 4.90 Å². The lowest BCUT2D eigenvalue weighted by Crippen LogP contribution is -2.49. The van der Waals surface area contributed by atoms with Crippen molar-refractivity contribution in [2.45, 2.75) is 12.5 Å². The Hall–Kier alpha value is -1.95. The summed E-state index contributed by atoms with van der Waals surface area (Å²) in [6, 6.07) is 3.75. The smallest absolute Gasteiger partial charge is 0.264 e. The van der Waals surface area contributed by atoms with Crippen molar-refractivity contribution >= 4 is 11.7 Å². The number of carbonyl (C=O) groups excluding carboxylic acids is 2. The molecular weight excluding hydrogens is 265 g/mol. The number of benzene rings is 1. The van der Waals surface area contributed by atoms with E-state index in [0.717, 1.165) is 6.07 Å². The van der Waals surface area contributed by atoms with Crippen molar-refractivity contribution in [1.82, 2.24) is 4.90 Å². The first kappa shape index (κ1) is 13.1. The first-order chi connectivity index (χ1) is 9.65. The Morgan fingerprint density at radius 1 is 1.30 bits per heavy atom. The Morgan fingerprint density at radius 2 is 2.05 bits per heavy atom. The van der Waals surface area contributed by atoms with Crippen molar-refractivity contribution in [3.05, 3.63) is 29.6 Å². The van der Waals surface area contributed by atoms with Gasteiger partial charge in [-0.2, -0.15) is 0 Å². The highest BCUT2D eigenvalue weighted by molar-refractivity contribution is 6.03. The molecule has 0 unspecified atom stereocenters. The van der Waals surface area contributed by atoms with Crippen LogP contribution in [-0.4, -0.2) is 49.0 Å². The van der Waals surface area contributed by atoms with E-state index in [4.69, 9.17) is 9.47 Å². The van der Waals surface area contributed by atoms with Crippen LogP contribution < -0.4 is 4.74 Å². The van der Waals surface area contributed by atoms with Gasteiger partial charge < -0.3 is 14.4 Å². The quantitative estimate of drug-likeness (QED) is 0.770. The lowest BCUT2D eigenvalue weighted by molar-refractivity contribution is -0.143. The van der Waals surface area contributed by atoms with Crippen molar-refractivity contribution in [2.75, 3.05) is 26.3 Å². The maximum Gasteiger partial charge on any atom is 0.264 e. The van der Waals surface area contributed by atoms with Gasteiger partial charge in [-0.15, -0.1) is 0 Å². The Morgan fingerprint density at radius 3 is 2.80 bits per heavy atom. The summed E-state index contributed by atoms with van der Waals surface area (Å²) in [6.45, 7) is 1.99. The Bertz CT molecular complexity index is 554. The number of halogens is 1. The number of nitrogens with zero attached hydrogens (tertiary/aromatic N) is 1. The number of rotatable bonds is 1. The highest BCUT2D eigenvalue weighted by atomic mass is 19.1. The minimum absolute atomic E-state index is 0.0490. The number of Topliss-reactive ketones (excluding diaryl/α,β-unsaturated/α-hetero) is 1. The summed E-state index contributed by atoms with van der Waals surface area (Å²) in [5, 5.41) is 0. The number of fused-ring (bicyclic) bond motifs is 1. The van der Waals surface area contributed by atoms with E-state index in [0.29, 0.717) is 26.3 Å². The number of hydrogen-bond donors (Lipinski definition) is 0. The molecule has 0 N–H and O–H groups in total. The van der Waals surface area contributed by atoms with Crippen LogP contribution in [0.5, 0.6) is 5.75 Å². The standard InChI is InChI=1S/C14H14FNO4/c15-9-1-2-12-10(7-9)11(17)8-13(20-12)14(18)16-3-5-19-6-4-16/h1-2,7,13H,3-6,8H2/t13-/m1/s1. The SMILES string of the molecule is O=C1C[C@H](C(=O)N2CCOCC2)Oc2ccc(F)cc21. The van der Waals surface area contributed by atoms with E-state index < -0.39 is 11.9 Å². The van der Waals surface area contributed by atoms with Gasteiger partial charge in [-0.05, 0) is 18.2 Å². The molecule has 1 amide bonds. The zero-order chi connectivity index (χ0) is 14.1. The molecule has 2 aliphatic rings. The molecule has 0 bridgehead atoms. The molecule has 2 heterocycles. The third kappa shape index (κ3) is 2.38. The van der Waals surface area contributed by atoms with Gasteiger partial charge in [0.15, 0.2) is 11.9 Å². The molecule has 106 valence electrons. The molecule has 20 heavy (non-hydrogen) atoms. The maximum absolute atomic E-state index is 13.1. The van der Waals surface area contributed by atoms with Crippen LogP contribution >= 0.6 is 0 Å². The van der Waals surface area contributed by atoms with E-state index >= 15 is 0 Å². The van der Waals surface area contributed by atoms with Gasteiger partial charge in [-0.25, -0.2) is 4.39 Å². The fourth-order valence-corrected chi connectivity index (χ4v) is 2.42. The van der Waals surface area contributed by atoms with E-state index in [-0.39, 0.29) is 29.4 Å². The predicted molar refractivity (Wildman–Crippen MR) is 67.2 cm³/mol. The fourth-order valence-electron chi connectivity index (χ4n) is 2.42. The lowest BCUT2D eigenvalue weighted by atomic mass is 10.00. The summed E-state index contributed by atoms with van der Waals surface area (Å²) in [7, 11) is 0. The number of carbonyl (C=O) groups is 2. The highest BCUT2D eigenvalue weighted by Crippen LogP contribution is 2.29. The third-order valence-corrected chi connectivity index (χ3v) is 3.48. The zero-order valence-corrected chi connectivity index (χ0v) is 10.8. The molecule has 1 aromatic carbocycles. The molecule has 0 saturated carbocycles.